The van der Waals surface area contributed by atoms with Gasteiger partial charge in [-0.3, -0.25) is 4.79 Å². The number of nitrogens with zero attached hydrogens (tertiary/aromatic N) is 3. The predicted molar refractivity (Wildman–Crippen MR) is 103 cm³/mol. The van der Waals surface area contributed by atoms with Crippen LogP contribution in [-0.2, 0) is 0 Å². The Kier molecular flexibility index (Phi) is 5.55. The molecule has 2 aromatic rings. The Morgan fingerprint density at radius 1 is 1.38 bits per heavy atom. The van der Waals surface area contributed by atoms with E-state index in [1.807, 2.05) is 6.92 Å². The Balaban J connectivity index is 1.69. The van der Waals surface area contributed by atoms with Crippen molar-refractivity contribution in [3.63, 3.8) is 0 Å². The van der Waals surface area contributed by atoms with Gasteiger partial charge in [0, 0.05) is 25.0 Å². The van der Waals surface area contributed by atoms with E-state index in [0.717, 1.165) is 25.3 Å². The van der Waals surface area contributed by atoms with Crippen molar-refractivity contribution in [3.8, 4) is 5.75 Å². The van der Waals surface area contributed by atoms with Gasteiger partial charge in [-0.25, -0.2) is 4.98 Å². The number of amides is 1. The first-order valence-corrected chi connectivity index (χ1v) is 8.98. The van der Waals surface area contributed by atoms with Gasteiger partial charge < -0.3 is 20.7 Å². The third-order valence-corrected chi connectivity index (χ3v) is 4.41. The Morgan fingerprint density at radius 3 is 2.81 bits per heavy atom. The first kappa shape index (κ1) is 18.0. The van der Waals surface area contributed by atoms with Crippen LogP contribution in [0.5, 0.6) is 5.75 Å². The summed E-state index contributed by atoms with van der Waals surface area (Å²) in [5.41, 5.74) is 6.95. The Hall–Kier alpha value is -2.83. The Morgan fingerprint density at radius 2 is 2.15 bits per heavy atom. The van der Waals surface area contributed by atoms with Crippen LogP contribution in [-0.4, -0.2) is 35.6 Å². The highest BCUT2D eigenvalue weighted by Crippen LogP contribution is 2.22. The first-order chi connectivity index (χ1) is 12.6. The maximum atomic E-state index is 12.5. The fourth-order valence-corrected chi connectivity index (χ4v) is 3.08. The summed E-state index contributed by atoms with van der Waals surface area (Å²) in [6, 6.07) is 7.17. The minimum absolute atomic E-state index is 0.191. The maximum Gasteiger partial charge on any atom is 0.260 e. The fourth-order valence-electron chi connectivity index (χ4n) is 3.08. The molecule has 7 nitrogen and oxygen atoms in total. The Labute approximate surface area is 153 Å². The van der Waals surface area contributed by atoms with Gasteiger partial charge in [0.1, 0.15) is 17.1 Å². The van der Waals surface area contributed by atoms with E-state index in [0.29, 0.717) is 24.2 Å². The second kappa shape index (κ2) is 8.03. The number of anilines is 3. The van der Waals surface area contributed by atoms with Crippen LogP contribution in [0.2, 0.25) is 0 Å². The number of carbonyl (C=O) groups is 1. The van der Waals surface area contributed by atoms with E-state index in [-0.39, 0.29) is 17.3 Å². The van der Waals surface area contributed by atoms with Crippen LogP contribution in [0.3, 0.4) is 0 Å². The van der Waals surface area contributed by atoms with Gasteiger partial charge in [-0.05, 0) is 49.9 Å². The van der Waals surface area contributed by atoms with Crippen molar-refractivity contribution in [1.82, 2.24) is 9.97 Å². The quantitative estimate of drug-likeness (QED) is 0.856. The van der Waals surface area contributed by atoms with Crippen LogP contribution in [0, 0.1) is 5.92 Å². The van der Waals surface area contributed by atoms with Gasteiger partial charge in [0.15, 0.2) is 0 Å². The molecular weight excluding hydrogens is 330 g/mol. The molecule has 0 saturated carbocycles. The molecule has 0 spiro atoms. The van der Waals surface area contributed by atoms with Crippen molar-refractivity contribution in [1.29, 1.82) is 0 Å². The molecule has 1 aliphatic rings. The van der Waals surface area contributed by atoms with Crippen LogP contribution < -0.4 is 20.7 Å². The smallest absolute Gasteiger partial charge is 0.260 e. The summed E-state index contributed by atoms with van der Waals surface area (Å²) < 4.78 is 5.39. The molecule has 26 heavy (non-hydrogen) atoms. The van der Waals surface area contributed by atoms with E-state index in [1.54, 1.807) is 24.3 Å². The summed E-state index contributed by atoms with van der Waals surface area (Å²) in [6.45, 7) is 6.57. The topological polar surface area (TPSA) is 93.4 Å². The van der Waals surface area contributed by atoms with Crippen molar-refractivity contribution in [2.75, 3.05) is 35.6 Å². The SMILES string of the molecule is CCOc1ccc(NC(=O)c2cnc(N3CCCC(C)C3)nc2N)cc1. The predicted octanol–water partition coefficient (Wildman–Crippen LogP) is 2.95. The molecular formula is C19H25N5O2. The highest BCUT2D eigenvalue weighted by Gasteiger charge is 2.20. The van der Waals surface area contributed by atoms with Crippen LogP contribution in [0.25, 0.3) is 0 Å². The number of rotatable bonds is 5. The molecule has 3 N–H and O–H groups in total. The van der Waals surface area contributed by atoms with Crippen LogP contribution >= 0.6 is 0 Å². The van der Waals surface area contributed by atoms with E-state index in [9.17, 15) is 4.79 Å². The van der Waals surface area contributed by atoms with Crippen molar-refractivity contribution < 1.29 is 9.53 Å². The molecule has 0 radical (unpaired) electrons. The molecule has 7 heteroatoms. The molecule has 3 rings (SSSR count). The van der Waals surface area contributed by atoms with Gasteiger partial charge in [0.05, 0.1) is 6.61 Å². The fraction of sp³-hybridized carbons (Fsp3) is 0.421. The highest BCUT2D eigenvalue weighted by molar-refractivity contribution is 6.07. The zero-order valence-corrected chi connectivity index (χ0v) is 15.2. The number of carbonyl (C=O) groups excluding carboxylic acids is 1. The summed E-state index contributed by atoms with van der Waals surface area (Å²) in [4.78, 5) is 23.3. The van der Waals surface area contributed by atoms with Gasteiger partial charge in [-0.1, -0.05) is 6.92 Å². The first-order valence-electron chi connectivity index (χ1n) is 8.98. The second-order valence-electron chi connectivity index (χ2n) is 6.57. The normalized spacial score (nSPS) is 17.0. The van der Waals surface area contributed by atoms with Crippen LogP contribution in [0.15, 0.2) is 30.5 Å². The lowest BCUT2D eigenvalue weighted by molar-refractivity contribution is 0.102. The Bertz CT molecular complexity index is 763. The molecule has 1 amide bonds. The lowest BCUT2D eigenvalue weighted by atomic mass is 10.0. The van der Waals surface area contributed by atoms with Gasteiger partial charge >= 0.3 is 0 Å². The molecule has 1 aromatic heterocycles. The van der Waals surface area contributed by atoms with Gasteiger partial charge in [-0.15, -0.1) is 0 Å². The number of hydrogen-bond acceptors (Lipinski definition) is 6. The average molecular weight is 355 g/mol. The minimum atomic E-state index is -0.328. The molecule has 1 aromatic carbocycles. The molecule has 1 fully saturated rings. The van der Waals surface area contributed by atoms with E-state index in [1.165, 1.54) is 12.6 Å². The van der Waals surface area contributed by atoms with E-state index < -0.39 is 0 Å². The number of aromatic nitrogens is 2. The molecule has 1 aliphatic heterocycles. The van der Waals surface area contributed by atoms with E-state index in [2.05, 4.69) is 27.1 Å². The molecule has 2 heterocycles. The molecule has 0 bridgehead atoms. The third-order valence-electron chi connectivity index (χ3n) is 4.41. The van der Waals surface area contributed by atoms with Gasteiger partial charge in [0.2, 0.25) is 5.95 Å². The third kappa shape index (κ3) is 4.22. The lowest BCUT2D eigenvalue weighted by Gasteiger charge is -2.31. The number of hydrogen-bond donors (Lipinski definition) is 2. The van der Waals surface area contributed by atoms with Crippen LogP contribution in [0.1, 0.15) is 37.0 Å². The van der Waals surface area contributed by atoms with Crippen molar-refractivity contribution in [2.45, 2.75) is 26.7 Å². The molecule has 1 saturated heterocycles. The maximum absolute atomic E-state index is 12.5. The molecule has 138 valence electrons. The number of nitrogen functional groups attached to an aromatic ring is 1. The van der Waals surface area contributed by atoms with Crippen molar-refractivity contribution in [3.05, 3.63) is 36.0 Å². The molecule has 1 unspecified atom stereocenters. The zero-order valence-electron chi connectivity index (χ0n) is 15.2. The van der Waals surface area contributed by atoms with Gasteiger partial charge in [0.25, 0.3) is 5.91 Å². The van der Waals surface area contributed by atoms with Crippen LogP contribution in [0.4, 0.5) is 17.5 Å². The number of ether oxygens (including phenoxy) is 1. The number of piperidine rings is 1. The van der Waals surface area contributed by atoms with E-state index >= 15 is 0 Å². The molecule has 1 atom stereocenters. The summed E-state index contributed by atoms with van der Waals surface area (Å²) in [6.07, 6.45) is 3.83. The summed E-state index contributed by atoms with van der Waals surface area (Å²) in [5, 5.41) is 2.81. The minimum Gasteiger partial charge on any atom is -0.494 e. The number of nitrogens with two attached hydrogens (primary N) is 1. The number of nitrogens with one attached hydrogen (secondary N) is 1. The largest absolute Gasteiger partial charge is 0.494 e. The summed E-state index contributed by atoms with van der Waals surface area (Å²) in [7, 11) is 0. The monoisotopic (exact) mass is 355 g/mol. The average Bonchev–Trinajstić information content (AvgIpc) is 2.63. The lowest BCUT2D eigenvalue weighted by Crippen LogP contribution is -2.35. The summed E-state index contributed by atoms with van der Waals surface area (Å²) in [5.74, 6) is 1.82. The summed E-state index contributed by atoms with van der Waals surface area (Å²) >= 11 is 0. The van der Waals surface area contributed by atoms with E-state index in [4.69, 9.17) is 10.5 Å². The highest BCUT2D eigenvalue weighted by atomic mass is 16.5. The van der Waals surface area contributed by atoms with Crippen molar-refractivity contribution in [2.24, 2.45) is 5.92 Å². The molecule has 0 aliphatic carbocycles. The number of benzene rings is 1. The van der Waals surface area contributed by atoms with Crippen molar-refractivity contribution >= 4 is 23.4 Å². The van der Waals surface area contributed by atoms with Gasteiger partial charge in [-0.2, -0.15) is 4.98 Å². The standard InChI is InChI=1S/C19H25N5O2/c1-3-26-15-8-6-14(7-9-15)22-18(25)16-11-21-19(23-17(16)20)24-10-4-5-13(2)12-24/h6-9,11,13H,3-5,10,12H2,1-2H3,(H,22,25)(H2,20,21,23). The zero-order chi connectivity index (χ0) is 18.5. The second-order valence-corrected chi connectivity index (χ2v) is 6.57.